The molecular weight excluding hydrogens is 222 g/mol. The molecule has 5 nitrogen and oxygen atoms in total. The van der Waals surface area contributed by atoms with Crippen molar-refractivity contribution in [3.63, 3.8) is 0 Å². The Bertz CT molecular complexity index is 287. The number of piperidine rings is 1. The molecular formula is C12H23NO4. The van der Waals surface area contributed by atoms with Gasteiger partial charge in [-0.1, -0.05) is 0 Å². The highest BCUT2D eigenvalue weighted by Gasteiger charge is 2.41. The van der Waals surface area contributed by atoms with Gasteiger partial charge in [0.2, 0.25) is 0 Å². The van der Waals surface area contributed by atoms with Crippen molar-refractivity contribution < 1.29 is 19.4 Å². The molecule has 5 heteroatoms. The Labute approximate surface area is 103 Å². The molecule has 1 amide bonds. The first kappa shape index (κ1) is 14.3. The molecule has 0 aromatic rings. The fraction of sp³-hybridized carbons (Fsp3) is 0.917. The summed E-state index contributed by atoms with van der Waals surface area (Å²) in [5, 5.41) is 9.86. The first-order valence-electron chi connectivity index (χ1n) is 5.89. The van der Waals surface area contributed by atoms with E-state index in [1.165, 1.54) is 0 Å². The molecule has 0 spiro atoms. The zero-order chi connectivity index (χ0) is 13.3. The van der Waals surface area contributed by atoms with Crippen molar-refractivity contribution in [2.45, 2.75) is 51.4 Å². The number of ether oxygens (including phenoxy) is 2. The number of aliphatic hydroxyl groups excluding tert-OH is 1. The van der Waals surface area contributed by atoms with E-state index in [4.69, 9.17) is 9.47 Å². The van der Waals surface area contributed by atoms with Gasteiger partial charge in [0.1, 0.15) is 11.2 Å². The number of carbonyl (C=O) groups is 1. The minimum atomic E-state index is -0.713. The number of likely N-dealkylation sites (tertiary alicyclic amines) is 1. The summed E-state index contributed by atoms with van der Waals surface area (Å²) in [7, 11) is 1.54. The maximum Gasteiger partial charge on any atom is 0.410 e. The van der Waals surface area contributed by atoms with E-state index in [1.54, 1.807) is 18.9 Å². The topological polar surface area (TPSA) is 59.0 Å². The summed E-state index contributed by atoms with van der Waals surface area (Å²) in [6, 6.07) is 0. The predicted octanol–water partition coefficient (Wildman–Crippen LogP) is 1.39. The van der Waals surface area contributed by atoms with Crippen molar-refractivity contribution in [3.8, 4) is 0 Å². The lowest BCUT2D eigenvalue weighted by Crippen LogP contribution is -2.58. The van der Waals surface area contributed by atoms with Crippen LogP contribution >= 0.6 is 0 Å². The summed E-state index contributed by atoms with van der Waals surface area (Å²) in [6.45, 7) is 8.14. The zero-order valence-electron chi connectivity index (χ0n) is 11.3. The van der Waals surface area contributed by atoms with Gasteiger partial charge < -0.3 is 19.5 Å². The van der Waals surface area contributed by atoms with Gasteiger partial charge in [-0.15, -0.1) is 0 Å². The molecule has 100 valence electrons. The number of nitrogens with zero attached hydrogens (tertiary/aromatic N) is 1. The molecule has 1 N–H and O–H groups in total. The van der Waals surface area contributed by atoms with Gasteiger partial charge in [0, 0.05) is 13.7 Å². The van der Waals surface area contributed by atoms with Crippen LogP contribution in [0.2, 0.25) is 0 Å². The van der Waals surface area contributed by atoms with Gasteiger partial charge in [0.15, 0.2) is 0 Å². The number of amides is 1. The highest BCUT2D eigenvalue weighted by molar-refractivity contribution is 5.68. The second-order valence-corrected chi connectivity index (χ2v) is 5.72. The number of rotatable bonds is 1. The maximum absolute atomic E-state index is 11.9. The lowest BCUT2D eigenvalue weighted by molar-refractivity contribution is -0.129. The molecule has 1 aliphatic heterocycles. The van der Waals surface area contributed by atoms with Gasteiger partial charge in [-0.25, -0.2) is 4.79 Å². The van der Waals surface area contributed by atoms with Gasteiger partial charge in [0.25, 0.3) is 0 Å². The molecule has 2 atom stereocenters. The largest absolute Gasteiger partial charge is 0.444 e. The Morgan fingerprint density at radius 3 is 2.53 bits per heavy atom. The van der Waals surface area contributed by atoms with Crippen LogP contribution in [0.3, 0.4) is 0 Å². The summed E-state index contributed by atoms with van der Waals surface area (Å²) in [4.78, 5) is 13.5. The quantitative estimate of drug-likeness (QED) is 0.758. The van der Waals surface area contributed by atoms with Gasteiger partial charge >= 0.3 is 6.09 Å². The molecule has 0 aromatic carbocycles. The van der Waals surface area contributed by atoms with Crippen molar-refractivity contribution in [1.29, 1.82) is 0 Å². The molecule has 2 unspecified atom stereocenters. The van der Waals surface area contributed by atoms with E-state index in [1.807, 2.05) is 20.8 Å². The van der Waals surface area contributed by atoms with Crippen molar-refractivity contribution in [2.75, 3.05) is 20.2 Å². The Balaban J connectivity index is 2.66. The van der Waals surface area contributed by atoms with Crippen molar-refractivity contribution in [1.82, 2.24) is 4.90 Å². The standard InChI is InChI=1S/C12H23NO4/c1-11(2,3)17-10(15)13-7-6-9(14)12(4,8-13)16-5/h9,14H,6-8H2,1-5H3. The van der Waals surface area contributed by atoms with Crippen molar-refractivity contribution >= 4 is 6.09 Å². The van der Waals surface area contributed by atoms with E-state index in [0.29, 0.717) is 19.5 Å². The molecule has 0 aliphatic carbocycles. The van der Waals surface area contributed by atoms with Crippen LogP contribution in [-0.2, 0) is 9.47 Å². The SMILES string of the molecule is COC1(C)CN(C(=O)OC(C)(C)C)CCC1O. The summed E-state index contributed by atoms with van der Waals surface area (Å²) >= 11 is 0. The summed E-state index contributed by atoms with van der Waals surface area (Å²) in [5.74, 6) is 0. The van der Waals surface area contributed by atoms with Crippen LogP contribution in [0.25, 0.3) is 0 Å². The monoisotopic (exact) mass is 245 g/mol. The second-order valence-electron chi connectivity index (χ2n) is 5.72. The molecule has 17 heavy (non-hydrogen) atoms. The van der Waals surface area contributed by atoms with Crippen molar-refractivity contribution in [2.24, 2.45) is 0 Å². The highest BCUT2D eigenvalue weighted by atomic mass is 16.6. The zero-order valence-corrected chi connectivity index (χ0v) is 11.3. The maximum atomic E-state index is 11.9. The Morgan fingerprint density at radius 2 is 2.06 bits per heavy atom. The third-order valence-electron chi connectivity index (χ3n) is 3.00. The number of hydrogen-bond donors (Lipinski definition) is 1. The van der Waals surface area contributed by atoms with Gasteiger partial charge in [-0.3, -0.25) is 0 Å². The first-order valence-corrected chi connectivity index (χ1v) is 5.89. The molecule has 1 heterocycles. The fourth-order valence-electron chi connectivity index (χ4n) is 1.83. The lowest BCUT2D eigenvalue weighted by Gasteiger charge is -2.42. The minimum absolute atomic E-state index is 0.347. The van der Waals surface area contributed by atoms with Crippen LogP contribution in [0.1, 0.15) is 34.1 Å². The van der Waals surface area contributed by atoms with E-state index in [2.05, 4.69) is 0 Å². The van der Waals surface area contributed by atoms with E-state index in [9.17, 15) is 9.90 Å². The Hall–Kier alpha value is -0.810. The summed E-state index contributed by atoms with van der Waals surface area (Å²) < 4.78 is 10.6. The summed E-state index contributed by atoms with van der Waals surface area (Å²) in [5.41, 5.74) is -1.22. The van der Waals surface area contributed by atoms with Crippen LogP contribution in [0.5, 0.6) is 0 Å². The lowest BCUT2D eigenvalue weighted by atomic mass is 9.91. The molecule has 1 fully saturated rings. The molecule has 1 aliphatic rings. The van der Waals surface area contributed by atoms with E-state index in [-0.39, 0.29) is 6.09 Å². The molecule has 0 radical (unpaired) electrons. The number of methoxy groups -OCH3 is 1. The fourth-order valence-corrected chi connectivity index (χ4v) is 1.83. The van der Waals surface area contributed by atoms with E-state index >= 15 is 0 Å². The molecule has 0 bridgehead atoms. The number of hydrogen-bond acceptors (Lipinski definition) is 4. The molecule has 0 aromatic heterocycles. The molecule has 1 rings (SSSR count). The molecule has 1 saturated heterocycles. The second kappa shape index (κ2) is 4.82. The van der Waals surface area contributed by atoms with Crippen molar-refractivity contribution in [3.05, 3.63) is 0 Å². The smallest absolute Gasteiger partial charge is 0.410 e. The highest BCUT2D eigenvalue weighted by Crippen LogP contribution is 2.25. The van der Waals surface area contributed by atoms with E-state index < -0.39 is 17.3 Å². The van der Waals surface area contributed by atoms with E-state index in [0.717, 1.165) is 0 Å². The third-order valence-corrected chi connectivity index (χ3v) is 3.00. The van der Waals surface area contributed by atoms with Crippen LogP contribution in [-0.4, -0.2) is 53.6 Å². The van der Waals surface area contributed by atoms with Crippen LogP contribution in [0.4, 0.5) is 4.79 Å². The van der Waals surface area contributed by atoms with Gasteiger partial charge in [0.05, 0.1) is 12.6 Å². The predicted molar refractivity (Wildman–Crippen MR) is 63.8 cm³/mol. The van der Waals surface area contributed by atoms with Crippen LogP contribution < -0.4 is 0 Å². The summed E-state index contributed by atoms with van der Waals surface area (Å²) in [6.07, 6.45) is -0.400. The Kier molecular flexibility index (Phi) is 4.04. The number of carbonyl (C=O) groups excluding carboxylic acids is 1. The van der Waals surface area contributed by atoms with Crippen LogP contribution in [0.15, 0.2) is 0 Å². The van der Waals surface area contributed by atoms with Gasteiger partial charge in [-0.2, -0.15) is 0 Å². The third kappa shape index (κ3) is 3.57. The minimum Gasteiger partial charge on any atom is -0.444 e. The van der Waals surface area contributed by atoms with Gasteiger partial charge in [-0.05, 0) is 34.1 Å². The first-order chi connectivity index (χ1) is 7.68. The van der Waals surface area contributed by atoms with Crippen LogP contribution in [0, 0.1) is 0 Å². The average Bonchev–Trinajstić information content (AvgIpc) is 2.19. The normalized spacial score (nSPS) is 30.2. The average molecular weight is 245 g/mol. The molecule has 0 saturated carbocycles. The number of aliphatic hydroxyl groups is 1. The Morgan fingerprint density at radius 1 is 1.47 bits per heavy atom.